The molecule has 1 heterocycles. The van der Waals surface area contributed by atoms with Crippen LogP contribution in [-0.2, 0) is 4.79 Å². The van der Waals surface area contributed by atoms with Crippen molar-refractivity contribution in [2.45, 2.75) is 13.3 Å². The lowest BCUT2D eigenvalue weighted by molar-refractivity contribution is -0.117. The summed E-state index contributed by atoms with van der Waals surface area (Å²) in [7, 11) is 0. The number of aromatic nitrogens is 1. The summed E-state index contributed by atoms with van der Waals surface area (Å²) < 4.78 is 1.03. The third-order valence-electron chi connectivity index (χ3n) is 4.35. The Labute approximate surface area is 149 Å². The van der Waals surface area contributed by atoms with Gasteiger partial charge in [0.15, 0.2) is 5.13 Å². The highest BCUT2D eigenvalue weighted by atomic mass is 32.1. The molecule has 1 saturated carbocycles. The molecule has 1 aliphatic rings. The lowest BCUT2D eigenvalue weighted by Crippen LogP contribution is -2.16. The molecule has 1 aliphatic carbocycles. The van der Waals surface area contributed by atoms with Crippen LogP contribution in [-0.4, -0.2) is 16.8 Å². The first-order valence-corrected chi connectivity index (χ1v) is 8.99. The van der Waals surface area contributed by atoms with Gasteiger partial charge in [0.1, 0.15) is 0 Å². The summed E-state index contributed by atoms with van der Waals surface area (Å²) in [6, 6.07) is 14.7. The van der Waals surface area contributed by atoms with E-state index in [1.807, 2.05) is 24.3 Å². The van der Waals surface area contributed by atoms with E-state index < -0.39 is 0 Å². The molecule has 0 spiro atoms. The van der Waals surface area contributed by atoms with Crippen LogP contribution in [0, 0.1) is 11.8 Å². The minimum Gasteiger partial charge on any atom is -0.326 e. The number of carbonyl (C=O) groups excluding carboxylic acids is 2. The van der Waals surface area contributed by atoms with E-state index in [4.69, 9.17) is 0 Å². The number of nitrogens with one attached hydrogen (secondary N) is 2. The number of amides is 2. The average molecular weight is 351 g/mol. The van der Waals surface area contributed by atoms with Crippen molar-refractivity contribution >= 4 is 44.2 Å². The van der Waals surface area contributed by atoms with Crippen molar-refractivity contribution < 1.29 is 9.59 Å². The Morgan fingerprint density at radius 2 is 1.92 bits per heavy atom. The minimum absolute atomic E-state index is 0.0243. The number of fused-ring (bicyclic) bond motifs is 1. The number of hydrogen-bond acceptors (Lipinski definition) is 4. The maximum absolute atomic E-state index is 12.5. The second kappa shape index (κ2) is 6.29. The van der Waals surface area contributed by atoms with Crippen molar-refractivity contribution in [1.82, 2.24) is 4.98 Å². The molecule has 126 valence electrons. The highest BCUT2D eigenvalue weighted by Crippen LogP contribution is 2.38. The fraction of sp³-hybridized carbons (Fsp3) is 0.211. The zero-order chi connectivity index (χ0) is 17.4. The van der Waals surface area contributed by atoms with Crippen molar-refractivity contribution in [3.05, 3.63) is 54.1 Å². The fourth-order valence-electron chi connectivity index (χ4n) is 2.76. The summed E-state index contributed by atoms with van der Waals surface area (Å²) in [5.74, 6) is 0.330. The molecule has 0 radical (unpaired) electrons. The van der Waals surface area contributed by atoms with Gasteiger partial charge in [-0.2, -0.15) is 0 Å². The number of benzene rings is 2. The largest absolute Gasteiger partial charge is 0.326 e. The van der Waals surface area contributed by atoms with Crippen LogP contribution in [0.4, 0.5) is 10.8 Å². The molecule has 2 atom stereocenters. The Hall–Kier alpha value is -2.73. The molecule has 2 unspecified atom stereocenters. The number of hydrogen-bond donors (Lipinski definition) is 2. The predicted octanol–water partition coefficient (Wildman–Crippen LogP) is 4.14. The molecule has 3 aromatic rings. The molecular formula is C19H17N3O2S. The van der Waals surface area contributed by atoms with Crippen molar-refractivity contribution in [2.24, 2.45) is 11.8 Å². The lowest BCUT2D eigenvalue weighted by atomic mass is 10.2. The topological polar surface area (TPSA) is 71.1 Å². The summed E-state index contributed by atoms with van der Waals surface area (Å²) in [5.41, 5.74) is 1.99. The van der Waals surface area contributed by atoms with Gasteiger partial charge in [-0.15, -0.1) is 0 Å². The van der Waals surface area contributed by atoms with E-state index in [1.165, 1.54) is 11.3 Å². The molecule has 25 heavy (non-hydrogen) atoms. The van der Waals surface area contributed by atoms with Crippen molar-refractivity contribution in [2.75, 3.05) is 10.6 Å². The van der Waals surface area contributed by atoms with Gasteiger partial charge in [0.05, 0.1) is 10.2 Å². The summed E-state index contributed by atoms with van der Waals surface area (Å²) in [6.07, 6.45) is 0.934. The van der Waals surface area contributed by atoms with E-state index in [0.29, 0.717) is 22.3 Å². The van der Waals surface area contributed by atoms with Crippen LogP contribution in [0.3, 0.4) is 0 Å². The third kappa shape index (κ3) is 3.39. The monoisotopic (exact) mass is 351 g/mol. The quantitative estimate of drug-likeness (QED) is 0.742. The molecule has 2 amide bonds. The number of carbonyl (C=O) groups is 2. The van der Waals surface area contributed by atoms with Crippen LogP contribution >= 0.6 is 11.3 Å². The molecule has 2 aromatic carbocycles. The van der Waals surface area contributed by atoms with Crippen molar-refractivity contribution in [3.63, 3.8) is 0 Å². The first-order valence-electron chi connectivity index (χ1n) is 8.18. The van der Waals surface area contributed by atoms with Gasteiger partial charge in [0.25, 0.3) is 5.91 Å². The van der Waals surface area contributed by atoms with E-state index in [0.717, 1.165) is 16.6 Å². The number of thiazole rings is 1. The molecule has 2 N–H and O–H groups in total. The normalized spacial score (nSPS) is 18.8. The first-order chi connectivity index (χ1) is 12.1. The maximum atomic E-state index is 12.5. The Bertz CT molecular complexity index is 933. The second-order valence-electron chi connectivity index (χ2n) is 6.33. The Kier molecular flexibility index (Phi) is 3.97. The Morgan fingerprint density at radius 3 is 2.68 bits per heavy atom. The predicted molar refractivity (Wildman–Crippen MR) is 99.9 cm³/mol. The van der Waals surface area contributed by atoms with Gasteiger partial charge in [0, 0.05) is 17.2 Å². The number of anilines is 2. The lowest BCUT2D eigenvalue weighted by Gasteiger charge is -2.07. The van der Waals surface area contributed by atoms with E-state index >= 15 is 0 Å². The van der Waals surface area contributed by atoms with E-state index in [-0.39, 0.29) is 17.7 Å². The van der Waals surface area contributed by atoms with Crippen LogP contribution < -0.4 is 10.6 Å². The highest BCUT2D eigenvalue weighted by Gasteiger charge is 2.39. The summed E-state index contributed by atoms with van der Waals surface area (Å²) in [4.78, 5) is 28.9. The molecule has 6 heteroatoms. The van der Waals surface area contributed by atoms with E-state index in [1.54, 1.807) is 24.3 Å². The molecule has 4 rings (SSSR count). The van der Waals surface area contributed by atoms with Gasteiger partial charge in [-0.25, -0.2) is 4.98 Å². The molecular weight excluding hydrogens is 334 g/mol. The molecule has 1 aromatic heterocycles. The van der Waals surface area contributed by atoms with Gasteiger partial charge in [0.2, 0.25) is 5.91 Å². The van der Waals surface area contributed by atoms with Crippen molar-refractivity contribution in [1.29, 1.82) is 0 Å². The molecule has 0 aliphatic heterocycles. The fourth-order valence-corrected chi connectivity index (χ4v) is 3.62. The van der Waals surface area contributed by atoms with Gasteiger partial charge in [-0.1, -0.05) is 36.5 Å². The summed E-state index contributed by atoms with van der Waals surface area (Å²) in [6.45, 7) is 2.06. The number of nitrogens with zero attached hydrogens (tertiary/aromatic N) is 1. The zero-order valence-electron chi connectivity index (χ0n) is 13.7. The van der Waals surface area contributed by atoms with Crippen LogP contribution in [0.2, 0.25) is 0 Å². The van der Waals surface area contributed by atoms with Crippen LogP contribution in [0.1, 0.15) is 23.7 Å². The van der Waals surface area contributed by atoms with Crippen molar-refractivity contribution in [3.8, 4) is 0 Å². The SMILES string of the molecule is CC1CC1C(=O)Nc1cccc(C(=O)Nc2nc3ccccc3s2)c1. The van der Waals surface area contributed by atoms with Gasteiger partial charge in [-0.3, -0.25) is 14.9 Å². The standard InChI is InChI=1S/C19H17N3O2S/c1-11-9-14(11)18(24)20-13-6-4-5-12(10-13)17(23)22-19-21-15-7-2-3-8-16(15)25-19/h2-8,10-11,14H,9H2,1H3,(H,20,24)(H,21,22,23). The van der Waals surface area contributed by atoms with Crippen LogP contribution in [0.5, 0.6) is 0 Å². The molecule has 1 fully saturated rings. The highest BCUT2D eigenvalue weighted by molar-refractivity contribution is 7.22. The van der Waals surface area contributed by atoms with Gasteiger partial charge in [-0.05, 0) is 42.7 Å². The number of rotatable bonds is 4. The summed E-state index contributed by atoms with van der Waals surface area (Å²) in [5, 5.41) is 6.27. The van der Waals surface area contributed by atoms with E-state index in [2.05, 4.69) is 22.5 Å². The van der Waals surface area contributed by atoms with E-state index in [9.17, 15) is 9.59 Å². The third-order valence-corrected chi connectivity index (χ3v) is 5.30. The molecule has 0 saturated heterocycles. The average Bonchev–Trinajstić information content (AvgIpc) is 3.20. The Morgan fingerprint density at radius 1 is 1.12 bits per heavy atom. The van der Waals surface area contributed by atoms with Crippen LogP contribution in [0.25, 0.3) is 10.2 Å². The molecule has 0 bridgehead atoms. The Balaban J connectivity index is 1.48. The van der Waals surface area contributed by atoms with Gasteiger partial charge < -0.3 is 5.32 Å². The minimum atomic E-state index is -0.241. The number of para-hydroxylation sites is 1. The van der Waals surface area contributed by atoms with Crippen LogP contribution in [0.15, 0.2) is 48.5 Å². The molecule has 5 nitrogen and oxygen atoms in total. The summed E-state index contributed by atoms with van der Waals surface area (Å²) >= 11 is 1.43. The zero-order valence-corrected chi connectivity index (χ0v) is 14.5. The van der Waals surface area contributed by atoms with Gasteiger partial charge >= 0.3 is 0 Å². The maximum Gasteiger partial charge on any atom is 0.257 e. The first kappa shape index (κ1) is 15.8. The smallest absolute Gasteiger partial charge is 0.257 e. The second-order valence-corrected chi connectivity index (χ2v) is 7.36.